The van der Waals surface area contributed by atoms with Crippen molar-refractivity contribution < 1.29 is 14.3 Å². The molecule has 0 aliphatic heterocycles. The Hall–Kier alpha value is -3.01. The van der Waals surface area contributed by atoms with Crippen molar-refractivity contribution in [1.82, 2.24) is 0 Å². The van der Waals surface area contributed by atoms with Gasteiger partial charge < -0.3 is 14.3 Å². The Morgan fingerprint density at radius 1 is 1.17 bits per heavy atom. The summed E-state index contributed by atoms with van der Waals surface area (Å²) in [6.07, 6.45) is 3.83. The zero-order chi connectivity index (χ0) is 16.2. The van der Waals surface area contributed by atoms with Crippen LogP contribution < -0.4 is 10.2 Å². The van der Waals surface area contributed by atoms with E-state index in [0.29, 0.717) is 23.7 Å². The Morgan fingerprint density at radius 2 is 1.96 bits per heavy atom. The first kappa shape index (κ1) is 14.9. The minimum Gasteiger partial charge on any atom is -0.507 e. The van der Waals surface area contributed by atoms with Crippen LogP contribution in [0.25, 0.3) is 17.0 Å². The highest BCUT2D eigenvalue weighted by Crippen LogP contribution is 2.28. The second kappa shape index (κ2) is 6.40. The average molecular weight is 308 g/mol. The number of phenolic OH excluding ortho intramolecular Hbond substituents is 1. The monoisotopic (exact) mass is 308 g/mol. The Morgan fingerprint density at radius 3 is 2.74 bits per heavy atom. The summed E-state index contributed by atoms with van der Waals surface area (Å²) in [6, 6.07) is 14.3. The average Bonchev–Trinajstić information content (AvgIpc) is 2.51. The molecule has 1 aromatic heterocycles. The number of aryl methyl sites for hydroxylation is 1. The lowest BCUT2D eigenvalue weighted by molar-refractivity contribution is 0.360. The Balaban J connectivity index is 1.79. The molecule has 0 radical (unpaired) electrons. The number of phenols is 1. The number of hydrogen-bond donors (Lipinski definition) is 1. The predicted octanol–water partition coefficient (Wildman–Crippen LogP) is 3.90. The van der Waals surface area contributed by atoms with Crippen LogP contribution >= 0.6 is 0 Å². The number of ether oxygens (including phenoxy) is 1. The summed E-state index contributed by atoms with van der Waals surface area (Å²) in [5.41, 5.74) is 1.13. The highest BCUT2D eigenvalue weighted by atomic mass is 16.5. The Labute approximate surface area is 133 Å². The third kappa shape index (κ3) is 3.43. The highest BCUT2D eigenvalue weighted by Gasteiger charge is 2.10. The first-order valence-electron chi connectivity index (χ1n) is 7.25. The molecule has 1 N–H and O–H groups in total. The van der Waals surface area contributed by atoms with Crippen LogP contribution in [0.2, 0.25) is 0 Å². The van der Waals surface area contributed by atoms with Crippen molar-refractivity contribution in [3.8, 4) is 11.5 Å². The highest BCUT2D eigenvalue weighted by molar-refractivity contribution is 5.84. The fourth-order valence-electron chi connectivity index (χ4n) is 2.34. The van der Waals surface area contributed by atoms with Gasteiger partial charge >= 0.3 is 0 Å². The molecule has 0 atom stereocenters. The first-order chi connectivity index (χ1) is 11.1. The van der Waals surface area contributed by atoms with Crippen LogP contribution in [-0.2, 0) is 0 Å². The van der Waals surface area contributed by atoms with Crippen molar-refractivity contribution in [3.63, 3.8) is 0 Å². The van der Waals surface area contributed by atoms with Gasteiger partial charge in [-0.15, -0.1) is 0 Å². The summed E-state index contributed by atoms with van der Waals surface area (Å²) in [5.74, 6) is 0.794. The molecule has 0 saturated carbocycles. The minimum atomic E-state index is -0.267. The van der Waals surface area contributed by atoms with E-state index in [0.717, 1.165) is 5.56 Å². The van der Waals surface area contributed by atoms with Crippen LogP contribution in [-0.4, -0.2) is 11.7 Å². The molecule has 0 amide bonds. The maximum absolute atomic E-state index is 11.9. The molecule has 0 bridgehead atoms. The minimum absolute atomic E-state index is 0.140. The molecule has 0 saturated heterocycles. The molecule has 2 aromatic carbocycles. The van der Waals surface area contributed by atoms with Crippen LogP contribution in [0.15, 0.2) is 63.8 Å². The third-order valence-electron chi connectivity index (χ3n) is 3.36. The van der Waals surface area contributed by atoms with Crippen molar-refractivity contribution in [2.75, 3.05) is 6.61 Å². The van der Waals surface area contributed by atoms with Crippen molar-refractivity contribution >= 4 is 17.0 Å². The number of rotatable bonds is 4. The number of aromatic hydroxyl groups is 1. The van der Waals surface area contributed by atoms with Crippen LogP contribution in [0.5, 0.6) is 11.5 Å². The fourth-order valence-corrected chi connectivity index (χ4v) is 2.34. The van der Waals surface area contributed by atoms with Crippen LogP contribution in [0.4, 0.5) is 0 Å². The van der Waals surface area contributed by atoms with E-state index in [4.69, 9.17) is 9.15 Å². The largest absolute Gasteiger partial charge is 0.507 e. The molecule has 0 spiro atoms. The lowest BCUT2D eigenvalue weighted by atomic mass is 10.2. The van der Waals surface area contributed by atoms with Gasteiger partial charge in [-0.2, -0.15) is 0 Å². The zero-order valence-electron chi connectivity index (χ0n) is 12.7. The quantitative estimate of drug-likeness (QED) is 0.794. The van der Waals surface area contributed by atoms with Crippen molar-refractivity contribution in [2.45, 2.75) is 6.92 Å². The van der Waals surface area contributed by atoms with Crippen molar-refractivity contribution in [1.29, 1.82) is 0 Å². The molecule has 0 aliphatic rings. The van der Waals surface area contributed by atoms with E-state index in [-0.39, 0.29) is 16.6 Å². The molecule has 0 aliphatic carbocycles. The zero-order valence-corrected chi connectivity index (χ0v) is 12.7. The standard InChI is InChI=1S/C19H16O4/c1-13-10-16(20)19-17(21)11-15(12-18(19)23-13)22-9-5-8-14-6-3-2-4-7-14/h2-8,10-12,21H,9H2,1H3. The summed E-state index contributed by atoms with van der Waals surface area (Å²) in [6.45, 7) is 2.03. The van der Waals surface area contributed by atoms with E-state index in [2.05, 4.69) is 0 Å². The molecule has 0 unspecified atom stereocenters. The van der Waals surface area contributed by atoms with Crippen molar-refractivity contribution in [2.24, 2.45) is 0 Å². The lowest BCUT2D eigenvalue weighted by Gasteiger charge is -2.06. The van der Waals surface area contributed by atoms with E-state index in [1.807, 2.05) is 42.5 Å². The third-order valence-corrected chi connectivity index (χ3v) is 3.36. The molecular formula is C19H16O4. The molecular weight excluding hydrogens is 292 g/mol. The molecule has 116 valence electrons. The van der Waals surface area contributed by atoms with Gasteiger partial charge in [-0.3, -0.25) is 4.79 Å². The second-order valence-electron chi connectivity index (χ2n) is 5.16. The van der Waals surface area contributed by atoms with Gasteiger partial charge in [-0.25, -0.2) is 0 Å². The van der Waals surface area contributed by atoms with Gasteiger partial charge in [0.25, 0.3) is 0 Å². The van der Waals surface area contributed by atoms with Crippen LogP contribution in [0, 0.1) is 6.92 Å². The molecule has 3 rings (SSSR count). The molecule has 0 fully saturated rings. The van der Waals surface area contributed by atoms with Gasteiger partial charge in [0.05, 0.1) is 0 Å². The van der Waals surface area contributed by atoms with E-state index in [1.165, 1.54) is 12.1 Å². The fraction of sp³-hybridized carbons (Fsp3) is 0.105. The van der Waals surface area contributed by atoms with Gasteiger partial charge in [0, 0.05) is 18.2 Å². The summed E-state index contributed by atoms with van der Waals surface area (Å²) in [4.78, 5) is 11.9. The van der Waals surface area contributed by atoms with Crippen molar-refractivity contribution in [3.05, 3.63) is 76.2 Å². The second-order valence-corrected chi connectivity index (χ2v) is 5.16. The number of hydrogen-bond acceptors (Lipinski definition) is 4. The molecule has 3 aromatic rings. The first-order valence-corrected chi connectivity index (χ1v) is 7.25. The normalized spacial score (nSPS) is 11.2. The number of fused-ring (bicyclic) bond motifs is 1. The lowest BCUT2D eigenvalue weighted by Crippen LogP contribution is -2.01. The maximum Gasteiger partial charge on any atom is 0.196 e. The predicted molar refractivity (Wildman–Crippen MR) is 89.9 cm³/mol. The molecule has 1 heterocycles. The Bertz CT molecular complexity index is 908. The van der Waals surface area contributed by atoms with Gasteiger partial charge in [-0.1, -0.05) is 36.4 Å². The summed E-state index contributed by atoms with van der Waals surface area (Å²) < 4.78 is 11.1. The van der Waals surface area contributed by atoms with E-state index in [1.54, 1.807) is 13.0 Å². The van der Waals surface area contributed by atoms with Gasteiger partial charge in [0.15, 0.2) is 5.43 Å². The summed E-state index contributed by atoms with van der Waals surface area (Å²) in [5, 5.41) is 10.2. The van der Waals surface area contributed by atoms with E-state index < -0.39 is 0 Å². The van der Waals surface area contributed by atoms with E-state index >= 15 is 0 Å². The number of benzene rings is 2. The summed E-state index contributed by atoms with van der Waals surface area (Å²) in [7, 11) is 0. The topological polar surface area (TPSA) is 59.7 Å². The van der Waals surface area contributed by atoms with E-state index in [9.17, 15) is 9.90 Å². The van der Waals surface area contributed by atoms with Gasteiger partial charge in [0.1, 0.15) is 34.8 Å². The SMILES string of the molecule is Cc1cc(=O)c2c(O)cc(OCC=Cc3ccccc3)cc2o1. The van der Waals surface area contributed by atoms with Gasteiger partial charge in [-0.05, 0) is 18.6 Å². The summed E-state index contributed by atoms with van der Waals surface area (Å²) >= 11 is 0. The smallest absolute Gasteiger partial charge is 0.196 e. The maximum atomic E-state index is 11.9. The molecule has 4 nitrogen and oxygen atoms in total. The molecule has 4 heteroatoms. The Kier molecular flexibility index (Phi) is 4.15. The van der Waals surface area contributed by atoms with Crippen LogP contribution in [0.1, 0.15) is 11.3 Å². The van der Waals surface area contributed by atoms with Gasteiger partial charge in [0.2, 0.25) is 0 Å². The van der Waals surface area contributed by atoms with Crippen LogP contribution in [0.3, 0.4) is 0 Å². The molecule has 23 heavy (non-hydrogen) atoms.